The first-order chi connectivity index (χ1) is 35.8. The standard InChI is InChI=1S/C54H48N4O14S3/c1-3-70-54(63)71-44-25-24-38(30-43(44)35-16-20-37(21-17-35)51(60)56-26-8-28-57-52(61)48-32-40-10-4-7-13-46(40)74(48,66)67)39-22-23-41-33-49(75(68,69)47(41)31-39)53(62)58-29-9-27-55-50(59)36-18-14-34(15-19-36)42-11-5-6-12-45(42)72-73(2,64)65/h4-7,10-25,30-33H,3,8-9,26-29H2,1-2H3,(H,55,59)(H,56,60)(H,57,61)(H,58,62). The maximum Gasteiger partial charge on any atom is 0.513 e. The maximum absolute atomic E-state index is 13.8. The summed E-state index contributed by atoms with van der Waals surface area (Å²) in [5, 5.41) is 10.7. The smallest absolute Gasteiger partial charge is 0.434 e. The summed E-state index contributed by atoms with van der Waals surface area (Å²) in [6.45, 7) is 2.14. The van der Waals surface area contributed by atoms with E-state index < -0.39 is 64.5 Å². The lowest BCUT2D eigenvalue weighted by Gasteiger charge is -2.14. The molecule has 0 spiro atoms. The molecule has 386 valence electrons. The lowest BCUT2D eigenvalue weighted by atomic mass is 9.96. The van der Waals surface area contributed by atoms with E-state index in [1.807, 2.05) is 0 Å². The molecule has 75 heavy (non-hydrogen) atoms. The zero-order valence-electron chi connectivity index (χ0n) is 40.2. The van der Waals surface area contributed by atoms with Gasteiger partial charge in [0, 0.05) is 48.4 Å². The van der Waals surface area contributed by atoms with Crippen molar-refractivity contribution in [2.24, 2.45) is 0 Å². The van der Waals surface area contributed by atoms with E-state index in [1.54, 1.807) is 116 Å². The fourth-order valence-corrected chi connectivity index (χ4v) is 11.7. The summed E-state index contributed by atoms with van der Waals surface area (Å²) in [4.78, 5) is 63.6. The Morgan fingerprint density at radius 1 is 0.493 bits per heavy atom. The molecule has 4 amide bonds. The number of rotatable bonds is 19. The second-order valence-electron chi connectivity index (χ2n) is 17.0. The Balaban J connectivity index is 0.855. The molecule has 0 aliphatic carbocycles. The van der Waals surface area contributed by atoms with Gasteiger partial charge >= 0.3 is 16.3 Å². The van der Waals surface area contributed by atoms with Gasteiger partial charge in [0.15, 0.2) is 0 Å². The zero-order valence-corrected chi connectivity index (χ0v) is 42.7. The summed E-state index contributed by atoms with van der Waals surface area (Å²) in [5.41, 5.74) is 4.45. The number of fused-ring (bicyclic) bond motifs is 2. The molecule has 2 heterocycles. The quantitative estimate of drug-likeness (QED) is 0.0285. The number of ether oxygens (including phenoxy) is 2. The minimum absolute atomic E-state index is 0.0475. The van der Waals surface area contributed by atoms with Crippen LogP contribution in [0.5, 0.6) is 11.5 Å². The van der Waals surface area contributed by atoms with Gasteiger partial charge in [-0.2, -0.15) is 8.42 Å². The predicted molar refractivity (Wildman–Crippen MR) is 279 cm³/mol. The third kappa shape index (κ3) is 12.2. The highest BCUT2D eigenvalue weighted by Gasteiger charge is 2.35. The van der Waals surface area contributed by atoms with E-state index in [-0.39, 0.29) is 65.4 Å². The van der Waals surface area contributed by atoms with Gasteiger partial charge in [-0.15, -0.1) is 0 Å². The van der Waals surface area contributed by atoms with Gasteiger partial charge in [-0.3, -0.25) is 19.2 Å². The molecule has 21 heteroatoms. The van der Waals surface area contributed by atoms with Gasteiger partial charge in [-0.1, -0.05) is 78.9 Å². The molecule has 4 N–H and O–H groups in total. The van der Waals surface area contributed by atoms with Crippen LogP contribution in [0, 0.1) is 0 Å². The number of hydrogen-bond acceptors (Lipinski definition) is 14. The van der Waals surface area contributed by atoms with Crippen molar-refractivity contribution in [3.8, 4) is 44.9 Å². The molecule has 0 bridgehead atoms. The van der Waals surface area contributed by atoms with Crippen LogP contribution in [-0.4, -0.2) is 94.1 Å². The third-order valence-electron chi connectivity index (χ3n) is 11.8. The average Bonchev–Trinajstić information content (AvgIpc) is 3.84. The summed E-state index contributed by atoms with van der Waals surface area (Å²) in [6, 6.07) is 35.3. The largest absolute Gasteiger partial charge is 0.513 e. The zero-order chi connectivity index (χ0) is 53.5. The molecular weight excluding hydrogens is 1020 g/mol. The van der Waals surface area contributed by atoms with Crippen molar-refractivity contribution in [3.05, 3.63) is 166 Å². The van der Waals surface area contributed by atoms with E-state index in [4.69, 9.17) is 13.7 Å². The van der Waals surface area contributed by atoms with Crippen LogP contribution in [0.3, 0.4) is 0 Å². The molecule has 2 aliphatic heterocycles. The SMILES string of the molecule is CCOC(=O)Oc1ccc(-c2ccc3c(c2)S(=O)(=O)C(C(=O)NCCCNC(=O)c2ccc(-c4ccccc4OS(C)(=O)=O)cc2)=C3)cc1-c1ccc(C(=O)NCCCNC(=O)C2=Cc3ccccc3S2(=O)=O)cc1. The molecule has 0 fully saturated rings. The molecule has 0 radical (unpaired) electrons. The molecule has 0 aromatic heterocycles. The van der Waals surface area contributed by atoms with Gasteiger partial charge in [0.2, 0.25) is 19.7 Å². The van der Waals surface area contributed by atoms with Crippen LogP contribution in [0.15, 0.2) is 153 Å². The van der Waals surface area contributed by atoms with Gasteiger partial charge in [-0.05, 0) is 120 Å². The minimum atomic E-state index is -4.27. The number of sulfone groups is 2. The van der Waals surface area contributed by atoms with Crippen molar-refractivity contribution >= 4 is 71.7 Å². The highest BCUT2D eigenvalue weighted by molar-refractivity contribution is 7.97. The van der Waals surface area contributed by atoms with Crippen LogP contribution >= 0.6 is 0 Å². The fourth-order valence-electron chi connectivity index (χ4n) is 8.13. The highest BCUT2D eigenvalue weighted by atomic mass is 32.2. The lowest BCUT2D eigenvalue weighted by Crippen LogP contribution is -2.31. The van der Waals surface area contributed by atoms with E-state index in [2.05, 4.69) is 21.3 Å². The second-order valence-corrected chi connectivity index (χ2v) is 22.3. The normalized spacial score (nSPS) is 13.7. The van der Waals surface area contributed by atoms with Crippen molar-refractivity contribution in [1.82, 2.24) is 21.3 Å². The number of para-hydroxylation sites is 1. The Labute approximate surface area is 432 Å². The van der Waals surface area contributed by atoms with Gasteiger partial charge in [0.1, 0.15) is 21.3 Å². The van der Waals surface area contributed by atoms with Crippen molar-refractivity contribution in [1.29, 1.82) is 0 Å². The first-order valence-corrected chi connectivity index (χ1v) is 28.1. The molecule has 8 rings (SSSR count). The number of carbonyl (C=O) groups excluding carboxylic acids is 5. The van der Waals surface area contributed by atoms with Crippen LogP contribution in [0.1, 0.15) is 51.6 Å². The van der Waals surface area contributed by atoms with Gasteiger partial charge in [-0.25, -0.2) is 21.6 Å². The Morgan fingerprint density at radius 3 is 1.52 bits per heavy atom. The monoisotopic (exact) mass is 1070 g/mol. The Bertz CT molecular complexity index is 3670. The second kappa shape index (κ2) is 22.4. The van der Waals surface area contributed by atoms with E-state index in [0.29, 0.717) is 62.1 Å². The van der Waals surface area contributed by atoms with Crippen LogP contribution in [-0.2, 0) is 44.1 Å². The molecule has 6 aromatic rings. The summed E-state index contributed by atoms with van der Waals surface area (Å²) in [7, 11) is -12.0. The molecule has 18 nitrogen and oxygen atoms in total. The summed E-state index contributed by atoms with van der Waals surface area (Å²) >= 11 is 0. The van der Waals surface area contributed by atoms with Crippen molar-refractivity contribution in [2.75, 3.05) is 39.0 Å². The summed E-state index contributed by atoms with van der Waals surface area (Å²) in [6.07, 6.45) is 3.20. The molecule has 2 aliphatic rings. The van der Waals surface area contributed by atoms with E-state index in [9.17, 15) is 49.2 Å². The van der Waals surface area contributed by atoms with Crippen molar-refractivity contribution in [2.45, 2.75) is 29.6 Å². The molecule has 0 atom stereocenters. The Morgan fingerprint density at radius 2 is 0.960 bits per heavy atom. The third-order valence-corrected chi connectivity index (χ3v) is 15.9. The Hall–Kier alpha value is -8.40. The molecule has 0 saturated heterocycles. The van der Waals surface area contributed by atoms with E-state index >= 15 is 0 Å². The van der Waals surface area contributed by atoms with E-state index in [1.165, 1.54) is 36.4 Å². The summed E-state index contributed by atoms with van der Waals surface area (Å²) < 4.78 is 92.3. The number of nitrogens with one attached hydrogen (secondary N) is 4. The number of carbonyl (C=O) groups is 5. The van der Waals surface area contributed by atoms with Crippen LogP contribution in [0.25, 0.3) is 45.5 Å². The first-order valence-electron chi connectivity index (χ1n) is 23.3. The topological polar surface area (TPSA) is 264 Å². The number of hydrogen-bond donors (Lipinski definition) is 4. The highest BCUT2D eigenvalue weighted by Crippen LogP contribution is 2.40. The van der Waals surface area contributed by atoms with Crippen molar-refractivity contribution in [3.63, 3.8) is 0 Å². The molecule has 6 aromatic carbocycles. The maximum atomic E-state index is 13.8. The molecular formula is C54H48N4O14S3. The number of benzene rings is 6. The first kappa shape index (κ1) is 52.9. The molecule has 0 saturated carbocycles. The van der Waals surface area contributed by atoms with Crippen LogP contribution < -0.4 is 30.2 Å². The fraction of sp³-hybridized carbons (Fsp3) is 0.167. The number of amides is 4. The van der Waals surface area contributed by atoms with E-state index in [0.717, 1.165) is 6.26 Å². The van der Waals surface area contributed by atoms with Gasteiger partial charge in [0.05, 0.1) is 22.7 Å². The Kier molecular flexibility index (Phi) is 15.8. The summed E-state index contributed by atoms with van der Waals surface area (Å²) in [5.74, 6) is -2.10. The lowest BCUT2D eigenvalue weighted by molar-refractivity contribution is -0.117. The minimum Gasteiger partial charge on any atom is -0.434 e. The van der Waals surface area contributed by atoms with Crippen LogP contribution in [0.4, 0.5) is 4.79 Å². The average molecular weight is 1070 g/mol. The van der Waals surface area contributed by atoms with Crippen molar-refractivity contribution < 1.29 is 62.9 Å². The van der Waals surface area contributed by atoms with Gasteiger partial charge < -0.3 is 34.9 Å². The van der Waals surface area contributed by atoms with Gasteiger partial charge in [0.25, 0.3) is 23.6 Å². The molecule has 0 unspecified atom stereocenters. The van der Waals surface area contributed by atoms with Crippen LogP contribution in [0.2, 0.25) is 0 Å². The predicted octanol–water partition coefficient (Wildman–Crippen LogP) is 6.69.